The number of nitrogens with zero attached hydrogens (tertiary/aromatic N) is 2. The number of carbonyl (C=O) groups excluding carboxylic acids is 1. The number of fused-ring (bicyclic) bond motifs is 1. The molecule has 3 rings (SSSR count). The van der Waals surface area contributed by atoms with E-state index in [1.165, 1.54) is 11.8 Å². The van der Waals surface area contributed by atoms with Crippen LogP contribution in [0.5, 0.6) is 0 Å². The van der Waals surface area contributed by atoms with Gasteiger partial charge in [-0.15, -0.1) is 6.58 Å². The summed E-state index contributed by atoms with van der Waals surface area (Å²) in [4.78, 5) is 19.0. The van der Waals surface area contributed by atoms with Gasteiger partial charge in [0.15, 0.2) is 5.17 Å². The summed E-state index contributed by atoms with van der Waals surface area (Å²) >= 11 is 1.47. The number of rotatable bonds is 4. The van der Waals surface area contributed by atoms with Crippen LogP contribution in [0.1, 0.15) is 17.5 Å². The summed E-state index contributed by atoms with van der Waals surface area (Å²) in [5, 5.41) is 24.5. The number of likely N-dealkylation sites (N-methyl/N-ethyl adjacent to an activating group) is 1. The van der Waals surface area contributed by atoms with Crippen LogP contribution in [0.15, 0.2) is 35.8 Å². The number of aliphatic imine (C=N–C) groups is 1. The van der Waals surface area contributed by atoms with Gasteiger partial charge in [0.1, 0.15) is 6.10 Å². The Morgan fingerprint density at radius 2 is 2.04 bits per heavy atom. The van der Waals surface area contributed by atoms with Gasteiger partial charge in [-0.3, -0.25) is 9.79 Å². The van der Waals surface area contributed by atoms with Crippen molar-refractivity contribution >= 4 is 28.5 Å². The summed E-state index contributed by atoms with van der Waals surface area (Å²) in [7, 11) is 1.73. The fourth-order valence-electron chi connectivity index (χ4n) is 3.83. The predicted molar refractivity (Wildman–Crippen MR) is 110 cm³/mol. The van der Waals surface area contributed by atoms with Crippen LogP contribution in [0.4, 0.5) is 5.69 Å². The fourth-order valence-corrected chi connectivity index (χ4v) is 5.20. The minimum Gasteiger partial charge on any atom is -0.390 e. The van der Waals surface area contributed by atoms with Crippen LogP contribution < -0.4 is 5.32 Å². The minimum atomic E-state index is -0.963. The molecule has 5 atom stereocenters. The molecule has 7 heteroatoms. The summed E-state index contributed by atoms with van der Waals surface area (Å²) in [6.45, 7) is 8.19. The van der Waals surface area contributed by atoms with Crippen molar-refractivity contribution in [1.82, 2.24) is 4.90 Å². The zero-order valence-electron chi connectivity index (χ0n) is 15.9. The second kappa shape index (κ2) is 8.04. The second-order valence-corrected chi connectivity index (χ2v) is 8.58. The number of carbonyl (C=O) groups is 1. The van der Waals surface area contributed by atoms with E-state index in [1.54, 1.807) is 18.0 Å². The first-order chi connectivity index (χ1) is 12.8. The first kappa shape index (κ1) is 19.9. The maximum Gasteiger partial charge on any atom is 0.227 e. The molecule has 1 fully saturated rings. The normalized spacial score (nSPS) is 29.7. The molecule has 0 radical (unpaired) electrons. The van der Waals surface area contributed by atoms with Crippen LogP contribution in [-0.4, -0.2) is 63.3 Å². The van der Waals surface area contributed by atoms with Crippen molar-refractivity contribution in [1.29, 1.82) is 0 Å². The number of amidine groups is 1. The van der Waals surface area contributed by atoms with Crippen LogP contribution in [0.25, 0.3) is 0 Å². The van der Waals surface area contributed by atoms with E-state index >= 15 is 0 Å². The number of amides is 1. The molecule has 2 aliphatic rings. The van der Waals surface area contributed by atoms with Gasteiger partial charge in [0, 0.05) is 24.5 Å². The molecule has 0 spiro atoms. The van der Waals surface area contributed by atoms with Crippen molar-refractivity contribution in [3.63, 3.8) is 0 Å². The standard InChI is InChI=1S/C20H27N3O3S/c1-5-6-23(4)19(26)14-10-15(24)17(25)16-18(14)27-20(22-16)21-13-8-11(2)7-12(3)9-13/h5,7-9,14-18,24-25H,1,6,10H2,2-4H3,(H,21,22)/t14-,15+,16+,17-,18+/m0/s1. The lowest BCUT2D eigenvalue weighted by Gasteiger charge is -2.38. The Labute approximate surface area is 164 Å². The highest BCUT2D eigenvalue weighted by Crippen LogP contribution is 2.42. The average molecular weight is 390 g/mol. The number of nitrogens with one attached hydrogen (secondary N) is 1. The molecule has 1 amide bonds. The van der Waals surface area contributed by atoms with Gasteiger partial charge >= 0.3 is 0 Å². The molecule has 6 nitrogen and oxygen atoms in total. The Morgan fingerprint density at radius 1 is 1.37 bits per heavy atom. The van der Waals surface area contributed by atoms with Gasteiger partial charge in [0.25, 0.3) is 0 Å². The monoisotopic (exact) mass is 389 g/mol. The summed E-state index contributed by atoms with van der Waals surface area (Å²) < 4.78 is 0. The molecule has 0 saturated heterocycles. The number of aliphatic hydroxyl groups is 2. The van der Waals surface area contributed by atoms with Crippen LogP contribution in [-0.2, 0) is 4.79 Å². The molecule has 0 aromatic heterocycles. The van der Waals surface area contributed by atoms with Crippen molar-refractivity contribution < 1.29 is 15.0 Å². The van der Waals surface area contributed by atoms with Crippen LogP contribution in [0.3, 0.4) is 0 Å². The summed E-state index contributed by atoms with van der Waals surface area (Å²) in [5.41, 5.74) is 3.22. The van der Waals surface area contributed by atoms with Gasteiger partial charge in [0.05, 0.1) is 18.1 Å². The van der Waals surface area contributed by atoms with Crippen LogP contribution in [0.2, 0.25) is 0 Å². The van der Waals surface area contributed by atoms with Crippen molar-refractivity contribution in [2.75, 3.05) is 18.9 Å². The summed E-state index contributed by atoms with van der Waals surface area (Å²) in [6, 6.07) is 5.66. The topological polar surface area (TPSA) is 85.2 Å². The Morgan fingerprint density at radius 3 is 2.67 bits per heavy atom. The Hall–Kier alpha value is -1.83. The van der Waals surface area contributed by atoms with Gasteiger partial charge in [-0.1, -0.05) is 23.9 Å². The summed E-state index contributed by atoms with van der Waals surface area (Å²) in [5.74, 6) is -0.447. The molecular weight excluding hydrogens is 362 g/mol. The first-order valence-electron chi connectivity index (χ1n) is 9.12. The first-order valence-corrected chi connectivity index (χ1v) is 10.00. The fraction of sp³-hybridized carbons (Fsp3) is 0.500. The largest absolute Gasteiger partial charge is 0.390 e. The molecule has 1 aromatic rings. The lowest BCUT2D eigenvalue weighted by molar-refractivity contribution is -0.138. The van der Waals surface area contributed by atoms with Gasteiger partial charge < -0.3 is 20.4 Å². The molecule has 1 heterocycles. The third kappa shape index (κ3) is 4.20. The number of hydrogen-bond acceptors (Lipinski definition) is 6. The van der Waals surface area contributed by atoms with Crippen LogP contribution >= 0.6 is 11.8 Å². The van der Waals surface area contributed by atoms with Gasteiger partial charge in [0.2, 0.25) is 5.91 Å². The zero-order chi connectivity index (χ0) is 19.7. The van der Waals surface area contributed by atoms with E-state index in [0.717, 1.165) is 16.8 Å². The van der Waals surface area contributed by atoms with E-state index in [0.29, 0.717) is 11.7 Å². The SMILES string of the molecule is C=CCN(C)C(=O)[C@H]1C[C@@H](O)[C@H](O)[C@H]2N=C(Nc3cc(C)cc(C)c3)S[C@@H]21. The van der Waals surface area contributed by atoms with Gasteiger partial charge in [-0.25, -0.2) is 0 Å². The lowest BCUT2D eigenvalue weighted by Crippen LogP contribution is -2.54. The number of benzene rings is 1. The average Bonchev–Trinajstić information content (AvgIpc) is 3.00. The van der Waals surface area contributed by atoms with E-state index < -0.39 is 24.2 Å². The Balaban J connectivity index is 1.80. The second-order valence-electron chi connectivity index (χ2n) is 7.42. The van der Waals surface area contributed by atoms with E-state index in [-0.39, 0.29) is 17.6 Å². The molecule has 27 heavy (non-hydrogen) atoms. The quantitative estimate of drug-likeness (QED) is 0.686. The van der Waals surface area contributed by atoms with E-state index in [2.05, 4.69) is 23.0 Å². The molecule has 1 aromatic carbocycles. The van der Waals surface area contributed by atoms with E-state index in [4.69, 9.17) is 0 Å². The van der Waals surface area contributed by atoms with Crippen LogP contribution in [0, 0.1) is 19.8 Å². The third-order valence-corrected chi connectivity index (χ3v) is 6.37. The van der Waals surface area contributed by atoms with Gasteiger partial charge in [-0.2, -0.15) is 0 Å². The molecular formula is C20H27N3O3S. The number of thioether (sulfide) groups is 1. The number of aliphatic hydroxyl groups excluding tert-OH is 2. The smallest absolute Gasteiger partial charge is 0.227 e. The molecule has 1 aliphatic heterocycles. The third-order valence-electron chi connectivity index (χ3n) is 5.06. The highest BCUT2D eigenvalue weighted by atomic mass is 32.2. The molecule has 1 saturated carbocycles. The Kier molecular flexibility index (Phi) is 5.93. The van der Waals surface area contributed by atoms with Crippen molar-refractivity contribution in [3.05, 3.63) is 42.0 Å². The van der Waals surface area contributed by atoms with E-state index in [9.17, 15) is 15.0 Å². The highest BCUT2D eigenvalue weighted by Gasteiger charge is 2.50. The number of aryl methyl sites for hydroxylation is 2. The maximum absolute atomic E-state index is 12.8. The molecule has 0 unspecified atom stereocenters. The maximum atomic E-state index is 12.8. The zero-order valence-corrected chi connectivity index (χ0v) is 16.7. The lowest BCUT2D eigenvalue weighted by atomic mass is 9.80. The summed E-state index contributed by atoms with van der Waals surface area (Å²) in [6.07, 6.45) is -0.00587. The number of anilines is 1. The predicted octanol–water partition coefficient (Wildman–Crippen LogP) is 1.94. The Bertz CT molecular complexity index is 747. The minimum absolute atomic E-state index is 0.0498. The van der Waals surface area contributed by atoms with Crippen molar-refractivity contribution in [3.8, 4) is 0 Å². The van der Waals surface area contributed by atoms with Gasteiger partial charge in [-0.05, 0) is 43.5 Å². The number of hydrogen-bond donors (Lipinski definition) is 3. The van der Waals surface area contributed by atoms with E-state index in [1.807, 2.05) is 26.0 Å². The highest BCUT2D eigenvalue weighted by molar-refractivity contribution is 8.15. The molecule has 0 bridgehead atoms. The van der Waals surface area contributed by atoms with Crippen molar-refractivity contribution in [2.45, 2.75) is 43.8 Å². The molecule has 1 aliphatic carbocycles. The van der Waals surface area contributed by atoms with Crippen molar-refractivity contribution in [2.24, 2.45) is 10.9 Å². The molecule has 146 valence electrons. The molecule has 3 N–H and O–H groups in total.